The van der Waals surface area contributed by atoms with Crippen molar-refractivity contribution < 1.29 is 4.74 Å². The van der Waals surface area contributed by atoms with E-state index in [4.69, 9.17) is 4.74 Å². The van der Waals surface area contributed by atoms with Crippen LogP contribution in [-0.2, 0) is 12.8 Å². The van der Waals surface area contributed by atoms with Crippen LogP contribution in [0.3, 0.4) is 0 Å². The van der Waals surface area contributed by atoms with Crippen LogP contribution in [0.2, 0.25) is 0 Å². The van der Waals surface area contributed by atoms with Crippen molar-refractivity contribution in [1.82, 2.24) is 9.97 Å². The lowest BCUT2D eigenvalue weighted by Gasteiger charge is -2.12. The first-order chi connectivity index (χ1) is 9.79. The minimum atomic E-state index is 0.0187. The molecule has 0 fully saturated rings. The number of fused-ring (bicyclic) bond motifs is 5. The first kappa shape index (κ1) is 11.5. The summed E-state index contributed by atoms with van der Waals surface area (Å²) in [6, 6.07) is 5.87. The Morgan fingerprint density at radius 1 is 1.30 bits per heavy atom. The van der Waals surface area contributed by atoms with E-state index in [1.54, 1.807) is 13.3 Å². The molecule has 2 heterocycles. The summed E-state index contributed by atoms with van der Waals surface area (Å²) in [5, 5.41) is 2.00. The summed E-state index contributed by atoms with van der Waals surface area (Å²) < 4.78 is 5.55. The molecular weight excluding hydrogens is 252 g/mol. The van der Waals surface area contributed by atoms with Crippen LogP contribution in [-0.4, -0.2) is 17.1 Å². The molecule has 1 N–H and O–H groups in total. The van der Waals surface area contributed by atoms with Gasteiger partial charge in [0, 0.05) is 22.5 Å². The summed E-state index contributed by atoms with van der Waals surface area (Å²) in [6.45, 7) is 0. The Morgan fingerprint density at radius 3 is 3.00 bits per heavy atom. The molecule has 4 rings (SSSR count). The zero-order valence-electron chi connectivity index (χ0n) is 11.2. The maximum Gasteiger partial charge on any atom is 0.251 e. The summed E-state index contributed by atoms with van der Waals surface area (Å²) >= 11 is 0. The molecule has 1 aliphatic rings. The third-order valence-corrected chi connectivity index (χ3v) is 4.11. The van der Waals surface area contributed by atoms with E-state index in [1.807, 2.05) is 18.2 Å². The Balaban J connectivity index is 2.30. The third kappa shape index (κ3) is 1.42. The van der Waals surface area contributed by atoms with Gasteiger partial charge in [0.2, 0.25) is 0 Å². The number of hydrogen-bond donors (Lipinski definition) is 1. The van der Waals surface area contributed by atoms with E-state index in [0.29, 0.717) is 0 Å². The van der Waals surface area contributed by atoms with E-state index in [2.05, 4.69) is 9.97 Å². The maximum absolute atomic E-state index is 12.2. The second kappa shape index (κ2) is 4.07. The highest BCUT2D eigenvalue weighted by atomic mass is 16.5. The van der Waals surface area contributed by atoms with Crippen LogP contribution in [0.1, 0.15) is 17.5 Å². The number of aryl methyl sites for hydroxylation is 1. The Bertz CT molecular complexity index is 896. The fraction of sp³-hybridized carbons (Fsp3) is 0.250. The van der Waals surface area contributed by atoms with Gasteiger partial charge in [0.15, 0.2) is 0 Å². The van der Waals surface area contributed by atoms with Crippen molar-refractivity contribution in [1.29, 1.82) is 0 Å². The Kier molecular flexibility index (Phi) is 2.33. The number of aromatic nitrogens is 2. The summed E-state index contributed by atoms with van der Waals surface area (Å²) in [5.74, 6) is 0.815. The van der Waals surface area contributed by atoms with Crippen LogP contribution >= 0.6 is 0 Å². The Labute approximate surface area is 115 Å². The quantitative estimate of drug-likeness (QED) is 0.689. The van der Waals surface area contributed by atoms with Crippen LogP contribution in [0.5, 0.6) is 5.75 Å². The average Bonchev–Trinajstić information content (AvgIpc) is 2.96. The number of H-pyrrole nitrogens is 1. The van der Waals surface area contributed by atoms with Crippen LogP contribution < -0.4 is 10.3 Å². The molecule has 0 unspecified atom stereocenters. The number of ether oxygens (including phenoxy) is 1. The SMILES string of the molecule is COc1cc2cccnc2c2[nH]c(=O)c3c(c12)CCC3. The summed E-state index contributed by atoms with van der Waals surface area (Å²) in [6.07, 6.45) is 4.56. The van der Waals surface area contributed by atoms with Crippen molar-refractivity contribution in [3.8, 4) is 5.75 Å². The summed E-state index contributed by atoms with van der Waals surface area (Å²) in [5.41, 5.74) is 3.69. The summed E-state index contributed by atoms with van der Waals surface area (Å²) in [7, 11) is 1.67. The fourth-order valence-electron chi connectivity index (χ4n) is 3.24. The molecule has 1 aliphatic carbocycles. The Hall–Kier alpha value is -2.36. The normalized spacial score (nSPS) is 13.8. The van der Waals surface area contributed by atoms with E-state index in [0.717, 1.165) is 57.9 Å². The van der Waals surface area contributed by atoms with Gasteiger partial charge in [-0.1, -0.05) is 6.07 Å². The van der Waals surface area contributed by atoms with E-state index in [9.17, 15) is 4.79 Å². The molecule has 0 aliphatic heterocycles. The minimum Gasteiger partial charge on any atom is -0.496 e. The minimum absolute atomic E-state index is 0.0187. The van der Waals surface area contributed by atoms with Gasteiger partial charge in [0.25, 0.3) is 5.56 Å². The topological polar surface area (TPSA) is 55.0 Å². The predicted molar refractivity (Wildman–Crippen MR) is 78.4 cm³/mol. The zero-order chi connectivity index (χ0) is 13.7. The highest BCUT2D eigenvalue weighted by Gasteiger charge is 2.21. The smallest absolute Gasteiger partial charge is 0.251 e. The van der Waals surface area contributed by atoms with Crippen molar-refractivity contribution in [2.75, 3.05) is 7.11 Å². The van der Waals surface area contributed by atoms with Crippen LogP contribution in [0.4, 0.5) is 0 Å². The molecule has 100 valence electrons. The fourth-order valence-corrected chi connectivity index (χ4v) is 3.24. The second-order valence-corrected chi connectivity index (χ2v) is 5.17. The molecule has 1 aromatic carbocycles. The third-order valence-electron chi connectivity index (χ3n) is 4.11. The number of methoxy groups -OCH3 is 1. The van der Waals surface area contributed by atoms with Gasteiger partial charge in [-0.3, -0.25) is 9.78 Å². The molecular formula is C16H14N2O2. The standard InChI is InChI=1S/C16H14N2O2/c1-20-12-8-9-4-3-7-17-14(9)15-13(12)10-5-2-6-11(10)16(19)18-15/h3-4,7-8H,2,5-6H2,1H3,(H,18,19). The molecule has 3 aromatic rings. The lowest BCUT2D eigenvalue weighted by molar-refractivity contribution is 0.420. The molecule has 0 radical (unpaired) electrons. The van der Waals surface area contributed by atoms with Crippen molar-refractivity contribution in [3.05, 3.63) is 45.9 Å². The van der Waals surface area contributed by atoms with Crippen LogP contribution in [0.25, 0.3) is 21.8 Å². The molecule has 4 heteroatoms. The zero-order valence-corrected chi connectivity index (χ0v) is 11.2. The van der Waals surface area contributed by atoms with Gasteiger partial charge in [-0.25, -0.2) is 0 Å². The molecule has 0 bridgehead atoms. The molecule has 0 amide bonds. The van der Waals surface area contributed by atoms with Crippen molar-refractivity contribution in [3.63, 3.8) is 0 Å². The van der Waals surface area contributed by atoms with Crippen molar-refractivity contribution >= 4 is 21.8 Å². The molecule has 0 atom stereocenters. The summed E-state index contributed by atoms with van der Waals surface area (Å²) in [4.78, 5) is 19.7. The van der Waals surface area contributed by atoms with Gasteiger partial charge in [-0.05, 0) is 37.0 Å². The highest BCUT2D eigenvalue weighted by molar-refractivity contribution is 6.07. The van der Waals surface area contributed by atoms with Crippen LogP contribution in [0.15, 0.2) is 29.2 Å². The number of rotatable bonds is 1. The van der Waals surface area contributed by atoms with Crippen LogP contribution in [0, 0.1) is 0 Å². The number of aromatic amines is 1. The number of nitrogens with one attached hydrogen (secondary N) is 1. The highest BCUT2D eigenvalue weighted by Crippen LogP contribution is 2.36. The maximum atomic E-state index is 12.2. The number of pyridine rings is 2. The van der Waals surface area contributed by atoms with Gasteiger partial charge in [-0.15, -0.1) is 0 Å². The van der Waals surface area contributed by atoms with E-state index >= 15 is 0 Å². The molecule has 4 nitrogen and oxygen atoms in total. The molecule has 0 saturated heterocycles. The second-order valence-electron chi connectivity index (χ2n) is 5.17. The number of benzene rings is 1. The van der Waals surface area contributed by atoms with E-state index in [-0.39, 0.29) is 5.56 Å². The molecule has 0 saturated carbocycles. The number of hydrogen-bond acceptors (Lipinski definition) is 3. The first-order valence-corrected chi connectivity index (χ1v) is 6.79. The van der Waals surface area contributed by atoms with Crippen molar-refractivity contribution in [2.45, 2.75) is 19.3 Å². The van der Waals surface area contributed by atoms with Gasteiger partial charge in [-0.2, -0.15) is 0 Å². The van der Waals surface area contributed by atoms with Crippen molar-refractivity contribution in [2.24, 2.45) is 0 Å². The largest absolute Gasteiger partial charge is 0.496 e. The molecule has 20 heavy (non-hydrogen) atoms. The number of nitrogens with zero attached hydrogens (tertiary/aromatic N) is 1. The average molecular weight is 266 g/mol. The van der Waals surface area contributed by atoms with E-state index in [1.165, 1.54) is 0 Å². The first-order valence-electron chi connectivity index (χ1n) is 6.79. The lowest BCUT2D eigenvalue weighted by atomic mass is 10.0. The monoisotopic (exact) mass is 266 g/mol. The predicted octanol–water partition coefficient (Wildman–Crippen LogP) is 2.57. The van der Waals surface area contributed by atoms with Gasteiger partial charge >= 0.3 is 0 Å². The molecule has 0 spiro atoms. The van der Waals surface area contributed by atoms with E-state index < -0.39 is 0 Å². The molecule has 2 aromatic heterocycles. The lowest BCUT2D eigenvalue weighted by Crippen LogP contribution is -2.13. The van der Waals surface area contributed by atoms with Gasteiger partial charge < -0.3 is 9.72 Å². The van der Waals surface area contributed by atoms with Gasteiger partial charge in [0.05, 0.1) is 18.1 Å². The van der Waals surface area contributed by atoms with Gasteiger partial charge in [0.1, 0.15) is 5.75 Å². The Morgan fingerprint density at radius 2 is 2.15 bits per heavy atom.